The Kier molecular flexibility index (Phi) is 4.10. The van der Waals surface area contributed by atoms with E-state index in [9.17, 15) is 18.3 Å². The summed E-state index contributed by atoms with van der Waals surface area (Å²) in [5.74, 6) is -1.07. The average Bonchev–Trinajstić information content (AvgIpc) is 2.86. The van der Waals surface area contributed by atoms with Gasteiger partial charge in [0.25, 0.3) is 0 Å². The molecule has 1 unspecified atom stereocenters. The van der Waals surface area contributed by atoms with Crippen molar-refractivity contribution in [2.45, 2.75) is 43.0 Å². The Hall–Kier alpha value is -1.47. The van der Waals surface area contributed by atoms with E-state index in [2.05, 4.69) is 4.98 Å². The molecule has 0 amide bonds. The summed E-state index contributed by atoms with van der Waals surface area (Å²) < 4.78 is 26.4. The number of carboxylic acid groups (broad SMARTS) is 1. The van der Waals surface area contributed by atoms with Crippen LogP contribution in [0.1, 0.15) is 32.6 Å². The minimum atomic E-state index is -3.82. The zero-order valence-corrected chi connectivity index (χ0v) is 12.1. The van der Waals surface area contributed by atoms with Gasteiger partial charge in [-0.1, -0.05) is 13.3 Å². The molecule has 1 saturated heterocycles. The third kappa shape index (κ3) is 2.31. The molecule has 2 heterocycles. The van der Waals surface area contributed by atoms with Crippen molar-refractivity contribution < 1.29 is 18.3 Å². The van der Waals surface area contributed by atoms with E-state index in [1.54, 1.807) is 0 Å². The van der Waals surface area contributed by atoms with Crippen LogP contribution in [-0.2, 0) is 14.8 Å². The molecule has 1 atom stereocenters. The maximum atomic E-state index is 12.7. The highest BCUT2D eigenvalue weighted by molar-refractivity contribution is 7.89. The topological polar surface area (TPSA) is 87.6 Å². The molecular formula is C13H18N2O4S. The van der Waals surface area contributed by atoms with Crippen LogP contribution in [-0.4, -0.2) is 40.9 Å². The van der Waals surface area contributed by atoms with Crippen LogP contribution in [0, 0.1) is 0 Å². The molecule has 0 spiro atoms. The van der Waals surface area contributed by atoms with E-state index in [1.807, 2.05) is 6.92 Å². The quantitative estimate of drug-likeness (QED) is 0.889. The highest BCUT2D eigenvalue weighted by atomic mass is 32.2. The summed E-state index contributed by atoms with van der Waals surface area (Å²) in [6.07, 6.45) is 4.60. The lowest BCUT2D eigenvalue weighted by atomic mass is 9.92. The smallest absolute Gasteiger partial charge is 0.325 e. The van der Waals surface area contributed by atoms with Gasteiger partial charge in [0.05, 0.1) is 0 Å². The fraction of sp³-hybridized carbons (Fsp3) is 0.538. The second-order valence-electron chi connectivity index (χ2n) is 4.96. The number of sulfonamides is 1. The molecule has 0 radical (unpaired) electrons. The molecule has 0 bridgehead atoms. The fourth-order valence-corrected chi connectivity index (χ4v) is 4.60. The molecule has 1 fully saturated rings. The number of rotatable bonds is 5. The van der Waals surface area contributed by atoms with E-state index >= 15 is 0 Å². The Balaban J connectivity index is 2.47. The van der Waals surface area contributed by atoms with Gasteiger partial charge >= 0.3 is 5.97 Å². The molecule has 1 aliphatic rings. The molecule has 2 rings (SSSR count). The monoisotopic (exact) mass is 298 g/mol. The first-order valence-electron chi connectivity index (χ1n) is 6.61. The van der Waals surface area contributed by atoms with Crippen molar-refractivity contribution in [3.05, 3.63) is 24.5 Å². The van der Waals surface area contributed by atoms with Gasteiger partial charge in [0.15, 0.2) is 0 Å². The van der Waals surface area contributed by atoms with Crippen LogP contribution in [0.3, 0.4) is 0 Å². The molecule has 110 valence electrons. The first kappa shape index (κ1) is 14.9. The number of aromatic nitrogens is 1. The standard InChI is InChI=1S/C13H18N2O4S/c1-2-6-13(12(16)17)7-4-9-15(13)20(18,19)11-5-3-8-14-10-11/h3,5,8,10H,2,4,6-7,9H2,1H3,(H,16,17). The normalized spacial score (nSPS) is 23.9. The van der Waals surface area contributed by atoms with Crippen molar-refractivity contribution in [3.63, 3.8) is 0 Å². The van der Waals surface area contributed by atoms with Crippen LogP contribution >= 0.6 is 0 Å². The maximum absolute atomic E-state index is 12.7. The van der Waals surface area contributed by atoms with Gasteiger partial charge < -0.3 is 5.11 Å². The van der Waals surface area contributed by atoms with Crippen LogP contribution in [0.4, 0.5) is 0 Å². The molecule has 0 aromatic carbocycles. The van der Waals surface area contributed by atoms with Gasteiger partial charge in [0.1, 0.15) is 10.4 Å². The molecule has 7 heteroatoms. The summed E-state index contributed by atoms with van der Waals surface area (Å²) in [4.78, 5) is 15.5. The Morgan fingerprint density at radius 2 is 2.30 bits per heavy atom. The summed E-state index contributed by atoms with van der Waals surface area (Å²) in [6.45, 7) is 2.10. The Morgan fingerprint density at radius 1 is 1.55 bits per heavy atom. The number of aliphatic carboxylic acids is 1. The fourth-order valence-electron chi connectivity index (χ4n) is 2.81. The number of hydrogen-bond acceptors (Lipinski definition) is 4. The third-order valence-electron chi connectivity index (χ3n) is 3.71. The maximum Gasteiger partial charge on any atom is 0.325 e. The van der Waals surface area contributed by atoms with E-state index in [1.165, 1.54) is 24.5 Å². The lowest BCUT2D eigenvalue weighted by Gasteiger charge is -2.33. The molecule has 6 nitrogen and oxygen atoms in total. The lowest BCUT2D eigenvalue weighted by Crippen LogP contribution is -2.52. The van der Waals surface area contributed by atoms with Gasteiger partial charge in [0.2, 0.25) is 10.0 Å². The van der Waals surface area contributed by atoms with Crippen molar-refractivity contribution in [3.8, 4) is 0 Å². The molecule has 1 aliphatic heterocycles. The number of hydrogen-bond donors (Lipinski definition) is 1. The molecule has 1 aromatic heterocycles. The van der Waals surface area contributed by atoms with E-state index in [-0.39, 0.29) is 11.4 Å². The Bertz CT molecular complexity index is 588. The number of carbonyl (C=O) groups is 1. The van der Waals surface area contributed by atoms with Gasteiger partial charge in [-0.2, -0.15) is 4.31 Å². The summed E-state index contributed by atoms with van der Waals surface area (Å²) in [5, 5.41) is 9.55. The third-order valence-corrected chi connectivity index (χ3v) is 5.66. The van der Waals surface area contributed by atoms with E-state index in [0.29, 0.717) is 25.7 Å². The van der Waals surface area contributed by atoms with E-state index in [4.69, 9.17) is 0 Å². The second-order valence-corrected chi connectivity index (χ2v) is 6.82. The summed E-state index contributed by atoms with van der Waals surface area (Å²) >= 11 is 0. The van der Waals surface area contributed by atoms with E-state index in [0.717, 1.165) is 4.31 Å². The van der Waals surface area contributed by atoms with Crippen LogP contribution < -0.4 is 0 Å². The SMILES string of the molecule is CCCC1(C(=O)O)CCCN1S(=O)(=O)c1cccnc1. The zero-order valence-electron chi connectivity index (χ0n) is 11.3. The number of nitrogens with zero attached hydrogens (tertiary/aromatic N) is 2. The Morgan fingerprint density at radius 3 is 2.85 bits per heavy atom. The van der Waals surface area contributed by atoms with Crippen LogP contribution in [0.5, 0.6) is 0 Å². The molecule has 0 saturated carbocycles. The summed E-state index contributed by atoms with van der Waals surface area (Å²) in [7, 11) is -3.82. The zero-order chi connectivity index (χ0) is 14.8. The van der Waals surface area contributed by atoms with Gasteiger partial charge in [-0.25, -0.2) is 8.42 Å². The van der Waals surface area contributed by atoms with Crippen molar-refractivity contribution in [1.29, 1.82) is 0 Å². The molecule has 0 aliphatic carbocycles. The van der Waals surface area contributed by atoms with Gasteiger partial charge in [-0.15, -0.1) is 0 Å². The summed E-state index contributed by atoms with van der Waals surface area (Å²) in [6, 6.07) is 2.98. The molecule has 1 N–H and O–H groups in total. The Labute approximate surface area is 118 Å². The molecular weight excluding hydrogens is 280 g/mol. The lowest BCUT2D eigenvalue weighted by molar-refractivity contribution is -0.147. The minimum Gasteiger partial charge on any atom is -0.480 e. The predicted octanol–water partition coefficient (Wildman–Crippen LogP) is 1.49. The molecule has 20 heavy (non-hydrogen) atoms. The van der Waals surface area contributed by atoms with Gasteiger partial charge in [0, 0.05) is 18.9 Å². The first-order valence-corrected chi connectivity index (χ1v) is 8.05. The first-order chi connectivity index (χ1) is 9.45. The van der Waals surface area contributed by atoms with Crippen molar-refractivity contribution in [2.75, 3.05) is 6.54 Å². The van der Waals surface area contributed by atoms with Crippen molar-refractivity contribution >= 4 is 16.0 Å². The van der Waals surface area contributed by atoms with E-state index < -0.39 is 21.5 Å². The van der Waals surface area contributed by atoms with Crippen LogP contribution in [0.15, 0.2) is 29.4 Å². The summed E-state index contributed by atoms with van der Waals surface area (Å²) in [5.41, 5.74) is -1.32. The predicted molar refractivity (Wildman–Crippen MR) is 72.6 cm³/mol. The highest BCUT2D eigenvalue weighted by Crippen LogP contribution is 2.38. The largest absolute Gasteiger partial charge is 0.480 e. The van der Waals surface area contributed by atoms with Crippen molar-refractivity contribution in [2.24, 2.45) is 0 Å². The second kappa shape index (κ2) is 5.49. The number of pyridine rings is 1. The highest BCUT2D eigenvalue weighted by Gasteiger charge is 2.52. The van der Waals surface area contributed by atoms with Crippen molar-refractivity contribution in [1.82, 2.24) is 9.29 Å². The number of carboxylic acids is 1. The molecule has 1 aromatic rings. The minimum absolute atomic E-state index is 0.0450. The average molecular weight is 298 g/mol. The van der Waals surface area contributed by atoms with Crippen LogP contribution in [0.2, 0.25) is 0 Å². The van der Waals surface area contributed by atoms with Gasteiger partial charge in [-0.05, 0) is 31.4 Å². The van der Waals surface area contributed by atoms with Gasteiger partial charge in [-0.3, -0.25) is 9.78 Å². The van der Waals surface area contributed by atoms with Crippen LogP contribution in [0.25, 0.3) is 0 Å².